The average molecular weight is 180 g/mol. The third kappa shape index (κ3) is 1.05. The molecular weight excluding hydrogens is 175 g/mol. The van der Waals surface area contributed by atoms with Crippen molar-refractivity contribution >= 4 is 16.6 Å². The highest BCUT2D eigenvalue weighted by molar-refractivity contribution is 5.94. The van der Waals surface area contributed by atoms with Crippen LogP contribution in [0.15, 0.2) is 23.4 Å². The van der Waals surface area contributed by atoms with Gasteiger partial charge in [-0.3, -0.25) is 0 Å². The van der Waals surface area contributed by atoms with Gasteiger partial charge in [0, 0.05) is 5.39 Å². The smallest absolute Gasteiger partial charge is 0.219 e. The van der Waals surface area contributed by atoms with Crippen LogP contribution in [-0.2, 0) is 0 Å². The van der Waals surface area contributed by atoms with Gasteiger partial charge in [-0.15, -0.1) is 4.91 Å². The molecule has 2 N–H and O–H groups in total. The number of aromatic hydroxyl groups is 1. The summed E-state index contributed by atoms with van der Waals surface area (Å²) in [4.78, 5) is 12.7. The third-order valence-electron chi connectivity index (χ3n) is 1.81. The van der Waals surface area contributed by atoms with E-state index in [1.165, 1.54) is 18.2 Å². The summed E-state index contributed by atoms with van der Waals surface area (Å²) in [6, 6.07) is 3.77. The topological polar surface area (TPSA) is 65.4 Å². The first-order valence-corrected chi connectivity index (χ1v) is 3.56. The Morgan fingerprint density at radius 2 is 2.23 bits per heavy atom. The number of halogens is 1. The fourth-order valence-corrected chi connectivity index (χ4v) is 1.23. The van der Waals surface area contributed by atoms with Crippen molar-refractivity contribution in [3.05, 3.63) is 28.9 Å². The molecule has 0 aliphatic carbocycles. The van der Waals surface area contributed by atoms with Crippen molar-refractivity contribution in [2.75, 3.05) is 0 Å². The first kappa shape index (κ1) is 7.72. The number of aromatic nitrogens is 1. The Hall–Kier alpha value is -1.91. The molecule has 2 aromatic rings. The van der Waals surface area contributed by atoms with Crippen molar-refractivity contribution in [1.29, 1.82) is 0 Å². The van der Waals surface area contributed by atoms with Crippen molar-refractivity contribution in [3.8, 4) is 5.88 Å². The minimum Gasteiger partial charge on any atom is -0.493 e. The van der Waals surface area contributed by atoms with Crippen LogP contribution in [0.4, 0.5) is 10.1 Å². The van der Waals surface area contributed by atoms with Gasteiger partial charge in [0.1, 0.15) is 5.82 Å². The number of aromatic amines is 1. The molecule has 0 bridgehead atoms. The van der Waals surface area contributed by atoms with Crippen molar-refractivity contribution in [2.45, 2.75) is 0 Å². The zero-order chi connectivity index (χ0) is 9.42. The molecule has 66 valence electrons. The number of benzene rings is 1. The molecule has 0 saturated carbocycles. The highest BCUT2D eigenvalue weighted by Crippen LogP contribution is 2.34. The number of nitrogens with one attached hydrogen (secondary N) is 1. The molecule has 0 spiro atoms. The Morgan fingerprint density at radius 3 is 2.92 bits per heavy atom. The second-order valence-electron chi connectivity index (χ2n) is 2.60. The van der Waals surface area contributed by atoms with Gasteiger partial charge in [0.25, 0.3) is 0 Å². The summed E-state index contributed by atoms with van der Waals surface area (Å²) < 4.78 is 12.7. The van der Waals surface area contributed by atoms with Gasteiger partial charge in [-0.2, -0.15) is 0 Å². The molecule has 5 heteroatoms. The third-order valence-corrected chi connectivity index (χ3v) is 1.81. The van der Waals surface area contributed by atoms with E-state index >= 15 is 0 Å². The van der Waals surface area contributed by atoms with Gasteiger partial charge in [-0.1, -0.05) is 0 Å². The van der Waals surface area contributed by atoms with Gasteiger partial charge < -0.3 is 10.1 Å². The molecule has 0 unspecified atom stereocenters. The summed E-state index contributed by atoms with van der Waals surface area (Å²) in [5, 5.41) is 12.2. The molecule has 0 aliphatic heterocycles. The maximum Gasteiger partial charge on any atom is 0.219 e. The molecule has 0 amide bonds. The Morgan fingerprint density at radius 1 is 1.46 bits per heavy atom. The number of fused-ring (bicyclic) bond motifs is 1. The molecular formula is C8H5FN2O2. The molecule has 1 aromatic heterocycles. The highest BCUT2D eigenvalue weighted by Gasteiger charge is 2.10. The van der Waals surface area contributed by atoms with Crippen molar-refractivity contribution in [3.63, 3.8) is 0 Å². The first-order valence-electron chi connectivity index (χ1n) is 3.56. The van der Waals surface area contributed by atoms with Crippen LogP contribution in [0.2, 0.25) is 0 Å². The lowest BCUT2D eigenvalue weighted by atomic mass is 10.2. The van der Waals surface area contributed by atoms with Gasteiger partial charge in [-0.25, -0.2) is 4.39 Å². The Labute approximate surface area is 72.0 Å². The second kappa shape index (κ2) is 2.55. The number of nitroso groups, excluding NO2 is 1. The predicted molar refractivity (Wildman–Crippen MR) is 45.4 cm³/mol. The Balaban J connectivity index is 2.86. The van der Waals surface area contributed by atoms with Crippen LogP contribution in [0.25, 0.3) is 10.9 Å². The second-order valence-corrected chi connectivity index (χ2v) is 2.60. The fraction of sp³-hybridized carbons (Fsp3) is 0. The SMILES string of the molecule is O=Nc1c(O)[nH]c2cc(F)ccc12. The van der Waals surface area contributed by atoms with Gasteiger partial charge in [0.15, 0.2) is 5.69 Å². The van der Waals surface area contributed by atoms with E-state index in [-0.39, 0.29) is 11.6 Å². The van der Waals surface area contributed by atoms with Gasteiger partial charge in [0.2, 0.25) is 5.88 Å². The van der Waals surface area contributed by atoms with Crippen LogP contribution >= 0.6 is 0 Å². The van der Waals surface area contributed by atoms with Crippen molar-refractivity contribution in [2.24, 2.45) is 5.18 Å². The van der Waals surface area contributed by atoms with E-state index in [1.54, 1.807) is 0 Å². The van der Waals surface area contributed by atoms with Crippen LogP contribution in [-0.4, -0.2) is 10.1 Å². The lowest BCUT2D eigenvalue weighted by Gasteiger charge is -1.88. The van der Waals surface area contributed by atoms with E-state index in [0.29, 0.717) is 10.9 Å². The molecule has 0 saturated heterocycles. The lowest BCUT2D eigenvalue weighted by Crippen LogP contribution is -1.71. The molecule has 0 fully saturated rings. The van der Waals surface area contributed by atoms with Crippen LogP contribution < -0.4 is 0 Å². The summed E-state index contributed by atoms with van der Waals surface area (Å²) in [7, 11) is 0. The number of hydrogen-bond acceptors (Lipinski definition) is 3. The first-order chi connectivity index (χ1) is 6.22. The lowest BCUT2D eigenvalue weighted by molar-refractivity contribution is 0.460. The summed E-state index contributed by atoms with van der Waals surface area (Å²) >= 11 is 0. The van der Waals surface area contributed by atoms with Gasteiger partial charge in [0.05, 0.1) is 5.52 Å². The van der Waals surface area contributed by atoms with E-state index in [2.05, 4.69) is 10.2 Å². The average Bonchev–Trinajstić information content (AvgIpc) is 2.39. The predicted octanol–water partition coefficient (Wildman–Crippen LogP) is 2.41. The molecule has 0 aliphatic rings. The van der Waals surface area contributed by atoms with Crippen LogP contribution in [0.5, 0.6) is 5.88 Å². The van der Waals surface area contributed by atoms with Crippen LogP contribution in [0.3, 0.4) is 0 Å². The van der Waals surface area contributed by atoms with E-state index in [0.717, 1.165) is 0 Å². The summed E-state index contributed by atoms with van der Waals surface area (Å²) in [5.41, 5.74) is 0.266. The van der Waals surface area contributed by atoms with Crippen LogP contribution in [0, 0.1) is 10.7 Å². The minimum atomic E-state index is -0.439. The fourth-order valence-electron chi connectivity index (χ4n) is 1.23. The minimum absolute atomic E-state index is 0.0880. The molecule has 1 aromatic carbocycles. The molecule has 4 nitrogen and oxygen atoms in total. The number of rotatable bonds is 1. The summed E-state index contributed by atoms with van der Waals surface area (Å²) in [6.07, 6.45) is 0. The zero-order valence-electron chi connectivity index (χ0n) is 6.41. The van der Waals surface area contributed by atoms with E-state index in [9.17, 15) is 9.30 Å². The van der Waals surface area contributed by atoms with Gasteiger partial charge >= 0.3 is 0 Å². The number of nitrogens with zero attached hydrogens (tertiary/aromatic N) is 1. The van der Waals surface area contributed by atoms with E-state index in [4.69, 9.17) is 5.11 Å². The molecule has 0 radical (unpaired) electrons. The van der Waals surface area contributed by atoms with Crippen molar-refractivity contribution in [1.82, 2.24) is 4.98 Å². The van der Waals surface area contributed by atoms with Gasteiger partial charge in [-0.05, 0) is 23.4 Å². The van der Waals surface area contributed by atoms with E-state index in [1.807, 2.05) is 0 Å². The van der Waals surface area contributed by atoms with E-state index < -0.39 is 5.82 Å². The standard InChI is InChI=1S/C8H5FN2O2/c9-4-1-2-5-6(3-4)10-8(12)7(5)11-13/h1-3,10,12H. The maximum atomic E-state index is 12.7. The summed E-state index contributed by atoms with van der Waals surface area (Å²) in [6.45, 7) is 0. The summed E-state index contributed by atoms with van der Waals surface area (Å²) in [5.74, 6) is -0.776. The maximum absolute atomic E-state index is 12.7. The Bertz CT molecular complexity index is 478. The normalized spacial score (nSPS) is 10.5. The Kier molecular flexibility index (Phi) is 1.51. The zero-order valence-corrected chi connectivity index (χ0v) is 6.41. The number of hydrogen-bond donors (Lipinski definition) is 2. The molecule has 0 atom stereocenters. The highest BCUT2D eigenvalue weighted by atomic mass is 19.1. The quantitative estimate of drug-likeness (QED) is 0.661. The molecule has 13 heavy (non-hydrogen) atoms. The molecule has 2 rings (SSSR count). The van der Waals surface area contributed by atoms with Crippen molar-refractivity contribution < 1.29 is 9.50 Å². The molecule has 1 heterocycles. The largest absolute Gasteiger partial charge is 0.493 e. The van der Waals surface area contributed by atoms with Crippen LogP contribution in [0.1, 0.15) is 0 Å². The number of H-pyrrole nitrogens is 1. The monoisotopic (exact) mass is 180 g/mol.